The van der Waals surface area contributed by atoms with Crippen molar-refractivity contribution in [2.75, 3.05) is 20.3 Å². The number of ether oxygens (including phenoxy) is 1. The van der Waals surface area contributed by atoms with E-state index in [-0.39, 0.29) is 23.8 Å². The molecule has 5 nitrogen and oxygen atoms in total. The molecule has 3 aliphatic rings. The maximum Gasteiger partial charge on any atom is 0.254 e. The Bertz CT molecular complexity index is 705. The van der Waals surface area contributed by atoms with Crippen LogP contribution in [0.4, 0.5) is 0 Å². The highest BCUT2D eigenvalue weighted by molar-refractivity contribution is 6.02. The second-order valence-electron chi connectivity index (χ2n) is 8.27. The van der Waals surface area contributed by atoms with Crippen LogP contribution in [0.2, 0.25) is 0 Å². The minimum absolute atomic E-state index is 0.0504. The Balaban J connectivity index is 1.75. The third kappa shape index (κ3) is 3.16. The van der Waals surface area contributed by atoms with Crippen molar-refractivity contribution in [1.29, 1.82) is 0 Å². The smallest absolute Gasteiger partial charge is 0.254 e. The van der Waals surface area contributed by atoms with Crippen molar-refractivity contribution in [3.63, 3.8) is 0 Å². The summed E-state index contributed by atoms with van der Waals surface area (Å²) in [6.45, 7) is 1.03. The first kappa shape index (κ1) is 18.5. The lowest BCUT2D eigenvalue weighted by Gasteiger charge is -2.50. The molecule has 5 heteroatoms. The molecular formula is C22H30N2O3. The molecule has 1 aromatic carbocycles. The van der Waals surface area contributed by atoms with Crippen LogP contribution < -0.4 is 5.32 Å². The molecule has 4 rings (SSSR count). The Kier molecular flexibility index (Phi) is 5.22. The van der Waals surface area contributed by atoms with Crippen molar-refractivity contribution >= 4 is 11.8 Å². The maximum atomic E-state index is 13.5. The van der Waals surface area contributed by atoms with Crippen LogP contribution in [0.3, 0.4) is 0 Å². The van der Waals surface area contributed by atoms with Gasteiger partial charge in [-0.15, -0.1) is 0 Å². The third-order valence-electron chi connectivity index (χ3n) is 6.77. The summed E-state index contributed by atoms with van der Waals surface area (Å²) < 4.78 is 5.29. The molecule has 2 fully saturated rings. The fourth-order valence-electron chi connectivity index (χ4n) is 5.53. The number of amides is 2. The summed E-state index contributed by atoms with van der Waals surface area (Å²) >= 11 is 0. The first-order valence-electron chi connectivity index (χ1n) is 10.4. The number of carbonyl (C=O) groups is 2. The molecule has 146 valence electrons. The lowest BCUT2D eigenvalue weighted by Crippen LogP contribution is -2.61. The normalized spacial score (nSPS) is 24.4. The van der Waals surface area contributed by atoms with Crippen LogP contribution >= 0.6 is 0 Å². The van der Waals surface area contributed by atoms with Gasteiger partial charge in [-0.25, -0.2) is 0 Å². The van der Waals surface area contributed by atoms with Gasteiger partial charge >= 0.3 is 0 Å². The maximum absolute atomic E-state index is 13.5. The molecule has 0 saturated heterocycles. The molecule has 1 unspecified atom stereocenters. The average molecular weight is 370 g/mol. The number of benzene rings is 1. The highest BCUT2D eigenvalue weighted by atomic mass is 16.5. The summed E-state index contributed by atoms with van der Waals surface area (Å²) in [7, 11) is 1.66. The minimum atomic E-state index is -0.410. The van der Waals surface area contributed by atoms with Gasteiger partial charge in [0.2, 0.25) is 5.91 Å². The Morgan fingerprint density at radius 2 is 1.89 bits per heavy atom. The highest BCUT2D eigenvalue weighted by Crippen LogP contribution is 2.50. The summed E-state index contributed by atoms with van der Waals surface area (Å²) in [4.78, 5) is 28.8. The van der Waals surface area contributed by atoms with Crippen LogP contribution in [0.5, 0.6) is 0 Å². The van der Waals surface area contributed by atoms with Crippen molar-refractivity contribution in [2.24, 2.45) is 0 Å². The molecule has 0 aromatic heterocycles. The van der Waals surface area contributed by atoms with Crippen LogP contribution in [0.15, 0.2) is 24.3 Å². The monoisotopic (exact) mass is 370 g/mol. The quantitative estimate of drug-likeness (QED) is 0.866. The molecule has 0 bridgehead atoms. The van der Waals surface area contributed by atoms with E-state index in [1.54, 1.807) is 7.11 Å². The summed E-state index contributed by atoms with van der Waals surface area (Å²) in [6, 6.07) is 7.99. The molecule has 2 amide bonds. The van der Waals surface area contributed by atoms with Gasteiger partial charge in [0.1, 0.15) is 0 Å². The first-order valence-corrected chi connectivity index (χ1v) is 10.4. The standard InChI is InChI=1S/C22H30N2O3/c1-27-15-14-24-21(26)18-11-5-4-10-17(18)19(22(24)12-6-7-13-22)20(25)23-16-8-2-3-9-16/h4-5,10-11,16,19H,2-3,6-9,12-15H2,1H3,(H,23,25). The van der Waals surface area contributed by atoms with Crippen LogP contribution in [0.1, 0.15) is 73.2 Å². The zero-order valence-corrected chi connectivity index (χ0v) is 16.2. The fourth-order valence-corrected chi connectivity index (χ4v) is 5.53. The van der Waals surface area contributed by atoms with Crippen LogP contribution in [0, 0.1) is 0 Å². The molecule has 1 spiro atoms. The van der Waals surface area contributed by atoms with E-state index in [2.05, 4.69) is 5.32 Å². The summed E-state index contributed by atoms with van der Waals surface area (Å²) in [5.41, 5.74) is 1.18. The van der Waals surface area contributed by atoms with Crippen molar-refractivity contribution in [3.8, 4) is 0 Å². The largest absolute Gasteiger partial charge is 0.383 e. The molecule has 1 aliphatic heterocycles. The van der Waals surface area contributed by atoms with Crippen LogP contribution in [0.25, 0.3) is 0 Å². The van der Waals surface area contributed by atoms with Gasteiger partial charge < -0.3 is 15.0 Å². The van der Waals surface area contributed by atoms with Crippen LogP contribution in [-0.2, 0) is 9.53 Å². The number of methoxy groups -OCH3 is 1. The molecular weight excluding hydrogens is 340 g/mol. The summed E-state index contributed by atoms with van der Waals surface area (Å²) in [6.07, 6.45) is 8.42. The molecule has 0 radical (unpaired) electrons. The fraction of sp³-hybridized carbons (Fsp3) is 0.636. The summed E-state index contributed by atoms with van der Waals surface area (Å²) in [5.74, 6) is -0.132. The zero-order chi connectivity index (χ0) is 18.9. The van der Waals surface area contributed by atoms with E-state index in [9.17, 15) is 9.59 Å². The lowest BCUT2D eigenvalue weighted by molar-refractivity contribution is -0.127. The lowest BCUT2D eigenvalue weighted by atomic mass is 9.71. The van der Waals surface area contributed by atoms with Crippen molar-refractivity contribution in [2.45, 2.75) is 68.9 Å². The Hall–Kier alpha value is -1.88. The van der Waals surface area contributed by atoms with E-state index in [1.807, 2.05) is 29.2 Å². The molecule has 27 heavy (non-hydrogen) atoms. The van der Waals surface area contributed by atoms with Gasteiger partial charge in [0, 0.05) is 25.3 Å². The van der Waals surface area contributed by atoms with E-state index in [0.717, 1.165) is 44.1 Å². The summed E-state index contributed by atoms with van der Waals surface area (Å²) in [5, 5.41) is 3.32. The van der Waals surface area contributed by atoms with E-state index < -0.39 is 5.54 Å². The topological polar surface area (TPSA) is 58.6 Å². The van der Waals surface area contributed by atoms with Crippen LogP contribution in [-0.4, -0.2) is 48.6 Å². The predicted octanol–water partition coefficient (Wildman–Crippen LogP) is 3.24. The second kappa shape index (κ2) is 7.63. The molecule has 2 aliphatic carbocycles. The molecule has 1 N–H and O–H groups in total. The van der Waals surface area contributed by atoms with E-state index in [4.69, 9.17) is 4.74 Å². The molecule has 1 heterocycles. The Morgan fingerprint density at radius 3 is 2.59 bits per heavy atom. The molecule has 1 atom stereocenters. The minimum Gasteiger partial charge on any atom is -0.383 e. The zero-order valence-electron chi connectivity index (χ0n) is 16.2. The number of carbonyl (C=O) groups excluding carboxylic acids is 2. The third-order valence-corrected chi connectivity index (χ3v) is 6.77. The highest BCUT2D eigenvalue weighted by Gasteiger charge is 2.55. The van der Waals surface area contributed by atoms with E-state index in [1.165, 1.54) is 12.8 Å². The molecule has 1 aromatic rings. The van der Waals surface area contributed by atoms with Gasteiger partial charge in [0.15, 0.2) is 0 Å². The van der Waals surface area contributed by atoms with Gasteiger partial charge in [0.05, 0.1) is 18.1 Å². The predicted molar refractivity (Wildman–Crippen MR) is 104 cm³/mol. The number of hydrogen-bond donors (Lipinski definition) is 1. The number of rotatable bonds is 5. The molecule has 2 saturated carbocycles. The van der Waals surface area contributed by atoms with Gasteiger partial charge in [-0.2, -0.15) is 0 Å². The number of nitrogens with zero attached hydrogens (tertiary/aromatic N) is 1. The van der Waals surface area contributed by atoms with E-state index >= 15 is 0 Å². The van der Waals surface area contributed by atoms with Crippen molar-refractivity contribution in [3.05, 3.63) is 35.4 Å². The second-order valence-corrected chi connectivity index (χ2v) is 8.27. The van der Waals surface area contributed by atoms with Crippen molar-refractivity contribution in [1.82, 2.24) is 10.2 Å². The van der Waals surface area contributed by atoms with Gasteiger partial charge in [-0.1, -0.05) is 43.9 Å². The Labute approximate surface area is 161 Å². The van der Waals surface area contributed by atoms with Gasteiger partial charge in [-0.05, 0) is 37.3 Å². The van der Waals surface area contributed by atoms with Crippen molar-refractivity contribution < 1.29 is 14.3 Å². The van der Waals surface area contributed by atoms with Gasteiger partial charge in [0.25, 0.3) is 5.91 Å². The van der Waals surface area contributed by atoms with Gasteiger partial charge in [-0.3, -0.25) is 9.59 Å². The first-order chi connectivity index (χ1) is 13.2. The van der Waals surface area contributed by atoms with E-state index in [0.29, 0.717) is 18.7 Å². The Morgan fingerprint density at radius 1 is 1.19 bits per heavy atom. The SMILES string of the molecule is COCCN1C(=O)c2ccccc2C(C(=O)NC2CCCC2)C12CCCC2. The number of hydrogen-bond acceptors (Lipinski definition) is 3. The number of nitrogens with one attached hydrogen (secondary N) is 1. The number of fused-ring (bicyclic) bond motifs is 1. The average Bonchev–Trinajstić information content (AvgIpc) is 3.35.